The molecule has 4 rings (SSSR count). The van der Waals surface area contributed by atoms with Gasteiger partial charge < -0.3 is 24.6 Å². The molecule has 0 saturated carbocycles. The molecule has 1 atom stereocenters. The van der Waals surface area contributed by atoms with E-state index < -0.39 is 11.9 Å². The van der Waals surface area contributed by atoms with Crippen LogP contribution >= 0.6 is 11.6 Å². The van der Waals surface area contributed by atoms with Crippen LogP contribution in [-0.2, 0) is 16.1 Å². The average Bonchev–Trinajstić information content (AvgIpc) is 2.92. The van der Waals surface area contributed by atoms with Gasteiger partial charge in [-0.2, -0.15) is 0 Å². The Morgan fingerprint density at radius 1 is 1.00 bits per heavy atom. The molecular weight excluding hydrogens is 492 g/mol. The van der Waals surface area contributed by atoms with E-state index in [-0.39, 0.29) is 17.4 Å². The summed E-state index contributed by atoms with van der Waals surface area (Å²) in [7, 11) is 2.03. The zero-order chi connectivity index (χ0) is 26.0. The number of pyridine rings is 1. The van der Waals surface area contributed by atoms with E-state index in [4.69, 9.17) is 21.1 Å². The predicted molar refractivity (Wildman–Crippen MR) is 142 cm³/mol. The molecule has 1 unspecified atom stereocenters. The number of carbonyl (C=O) groups excluding carboxylic acids is 2. The number of likely N-dealkylation sites (N-methyl/N-ethyl adjacent to an activating group) is 1. The Kier molecular flexibility index (Phi) is 9.48. The molecule has 1 aliphatic rings. The predicted octanol–water partition coefficient (Wildman–Crippen LogP) is 4.01. The molecule has 1 saturated heterocycles. The highest BCUT2D eigenvalue weighted by molar-refractivity contribution is 6.30. The smallest absolute Gasteiger partial charge is 0.257 e. The van der Waals surface area contributed by atoms with Gasteiger partial charge in [-0.15, -0.1) is 0 Å². The minimum absolute atomic E-state index is 0.117. The number of rotatable bonds is 10. The third-order valence-corrected chi connectivity index (χ3v) is 6.38. The van der Waals surface area contributed by atoms with Gasteiger partial charge in [0.15, 0.2) is 0 Å². The van der Waals surface area contributed by atoms with Gasteiger partial charge in [0.1, 0.15) is 17.4 Å². The number of aromatic nitrogens is 1. The van der Waals surface area contributed by atoms with Crippen molar-refractivity contribution >= 4 is 23.4 Å². The molecule has 9 heteroatoms. The number of nitrogens with zero attached hydrogens (tertiary/aromatic N) is 3. The van der Waals surface area contributed by atoms with Crippen LogP contribution in [0.25, 0.3) is 0 Å². The van der Waals surface area contributed by atoms with Gasteiger partial charge in [-0.1, -0.05) is 41.9 Å². The van der Waals surface area contributed by atoms with Crippen LogP contribution in [0.3, 0.4) is 0 Å². The third-order valence-electron chi connectivity index (χ3n) is 6.12. The van der Waals surface area contributed by atoms with Gasteiger partial charge in [-0.05, 0) is 55.4 Å². The van der Waals surface area contributed by atoms with Crippen LogP contribution in [0, 0.1) is 0 Å². The Balaban J connectivity index is 1.44. The van der Waals surface area contributed by atoms with E-state index in [0.29, 0.717) is 43.5 Å². The molecule has 194 valence electrons. The fourth-order valence-corrected chi connectivity index (χ4v) is 4.09. The maximum absolute atomic E-state index is 13.4. The summed E-state index contributed by atoms with van der Waals surface area (Å²) in [6.45, 7) is 3.57. The fraction of sp³-hybridized carbons (Fsp3) is 0.321. The first-order valence-corrected chi connectivity index (χ1v) is 12.7. The second-order valence-electron chi connectivity index (χ2n) is 8.89. The van der Waals surface area contributed by atoms with Crippen molar-refractivity contribution in [1.82, 2.24) is 20.1 Å². The summed E-state index contributed by atoms with van der Waals surface area (Å²) >= 11 is 5.96. The maximum atomic E-state index is 13.4. The second-order valence-corrected chi connectivity index (χ2v) is 9.33. The molecule has 3 aromatic rings. The summed E-state index contributed by atoms with van der Waals surface area (Å²) < 4.78 is 11.7. The maximum Gasteiger partial charge on any atom is 0.257 e. The van der Waals surface area contributed by atoms with Crippen molar-refractivity contribution in [3.8, 4) is 11.6 Å². The number of amides is 2. The van der Waals surface area contributed by atoms with E-state index in [9.17, 15) is 9.59 Å². The van der Waals surface area contributed by atoms with Crippen LogP contribution in [0.4, 0.5) is 0 Å². The van der Waals surface area contributed by atoms with Crippen molar-refractivity contribution in [3.63, 3.8) is 0 Å². The first-order chi connectivity index (χ1) is 18.0. The first-order valence-electron chi connectivity index (χ1n) is 12.3. The summed E-state index contributed by atoms with van der Waals surface area (Å²) in [6.07, 6.45) is 1.89. The Morgan fingerprint density at radius 2 is 1.73 bits per heavy atom. The number of piperazine rings is 1. The molecule has 0 bridgehead atoms. The van der Waals surface area contributed by atoms with E-state index >= 15 is 0 Å². The Morgan fingerprint density at radius 3 is 2.46 bits per heavy atom. The van der Waals surface area contributed by atoms with E-state index in [2.05, 4.69) is 15.2 Å². The van der Waals surface area contributed by atoms with Gasteiger partial charge in [0, 0.05) is 44.0 Å². The highest BCUT2D eigenvalue weighted by Crippen LogP contribution is 2.24. The number of halogens is 1. The summed E-state index contributed by atoms with van der Waals surface area (Å²) in [4.78, 5) is 35.0. The number of benzene rings is 2. The number of hydrogen-bond acceptors (Lipinski definition) is 6. The second kappa shape index (κ2) is 13.2. The summed E-state index contributed by atoms with van der Waals surface area (Å²) in [6, 6.07) is 19.2. The van der Waals surface area contributed by atoms with Crippen LogP contribution in [0.5, 0.6) is 11.6 Å². The Bertz CT molecular complexity index is 1170. The lowest BCUT2D eigenvalue weighted by molar-refractivity contribution is -0.135. The Labute approximate surface area is 222 Å². The van der Waals surface area contributed by atoms with Crippen molar-refractivity contribution in [2.75, 3.05) is 39.8 Å². The molecule has 2 aromatic carbocycles. The lowest BCUT2D eigenvalue weighted by atomic mass is 10.1. The Hall–Kier alpha value is -3.46. The highest BCUT2D eigenvalue weighted by Gasteiger charge is 2.29. The van der Waals surface area contributed by atoms with Crippen molar-refractivity contribution < 1.29 is 19.1 Å². The minimum atomic E-state index is -0.740. The molecule has 1 aliphatic heterocycles. The standard InChI is InChI=1S/C28H31ClN4O4/c1-32-15-17-33(18-16-32)28(35)25(13-19-36-20-21-6-3-2-4-7-21)31-26(34)24-8-5-14-30-27(24)37-23-11-9-22(29)10-12-23/h2-12,14,25H,13,15-20H2,1H3,(H,31,34). The van der Waals surface area contributed by atoms with Gasteiger partial charge in [-0.25, -0.2) is 4.98 Å². The zero-order valence-electron chi connectivity index (χ0n) is 20.8. The molecule has 1 aromatic heterocycles. The van der Waals surface area contributed by atoms with Crippen LogP contribution in [0.1, 0.15) is 22.3 Å². The monoisotopic (exact) mass is 522 g/mol. The molecule has 2 amide bonds. The topological polar surface area (TPSA) is 84.0 Å². The lowest BCUT2D eigenvalue weighted by Crippen LogP contribution is -2.54. The third kappa shape index (κ3) is 7.76. The van der Waals surface area contributed by atoms with E-state index in [1.807, 2.05) is 37.4 Å². The van der Waals surface area contributed by atoms with Gasteiger partial charge in [0.05, 0.1) is 6.61 Å². The number of hydrogen-bond donors (Lipinski definition) is 1. The summed E-state index contributed by atoms with van der Waals surface area (Å²) in [5.41, 5.74) is 1.28. The zero-order valence-corrected chi connectivity index (χ0v) is 21.6. The number of ether oxygens (including phenoxy) is 2. The van der Waals surface area contributed by atoms with Crippen LogP contribution in [0.15, 0.2) is 72.9 Å². The van der Waals surface area contributed by atoms with Crippen molar-refractivity contribution in [1.29, 1.82) is 0 Å². The molecule has 1 fully saturated rings. The summed E-state index contributed by atoms with van der Waals surface area (Å²) in [5, 5.41) is 3.49. The van der Waals surface area contributed by atoms with E-state index in [1.165, 1.54) is 0 Å². The normalized spacial score (nSPS) is 14.7. The van der Waals surface area contributed by atoms with Gasteiger partial charge >= 0.3 is 0 Å². The highest BCUT2D eigenvalue weighted by atomic mass is 35.5. The molecule has 0 radical (unpaired) electrons. The van der Waals surface area contributed by atoms with Crippen LogP contribution < -0.4 is 10.1 Å². The molecule has 37 heavy (non-hydrogen) atoms. The quantitative estimate of drug-likeness (QED) is 0.405. The molecule has 0 aliphatic carbocycles. The van der Waals surface area contributed by atoms with Gasteiger partial charge in [0.2, 0.25) is 11.8 Å². The molecule has 8 nitrogen and oxygen atoms in total. The number of carbonyl (C=O) groups is 2. The minimum Gasteiger partial charge on any atom is -0.438 e. The largest absolute Gasteiger partial charge is 0.438 e. The van der Waals surface area contributed by atoms with Crippen LogP contribution in [0.2, 0.25) is 5.02 Å². The first kappa shape index (κ1) is 26.6. The van der Waals surface area contributed by atoms with Crippen molar-refractivity contribution in [3.05, 3.63) is 89.1 Å². The van der Waals surface area contributed by atoms with Crippen molar-refractivity contribution in [2.24, 2.45) is 0 Å². The SMILES string of the molecule is CN1CCN(C(=O)C(CCOCc2ccccc2)NC(=O)c2cccnc2Oc2ccc(Cl)cc2)CC1. The molecule has 0 spiro atoms. The lowest BCUT2D eigenvalue weighted by Gasteiger charge is -2.34. The van der Waals surface area contributed by atoms with E-state index in [1.54, 1.807) is 47.5 Å². The average molecular weight is 523 g/mol. The van der Waals surface area contributed by atoms with Crippen LogP contribution in [-0.4, -0.2) is 72.5 Å². The molecule has 1 N–H and O–H groups in total. The van der Waals surface area contributed by atoms with E-state index in [0.717, 1.165) is 18.7 Å². The molecular formula is C28H31ClN4O4. The number of nitrogens with one attached hydrogen (secondary N) is 1. The fourth-order valence-electron chi connectivity index (χ4n) is 3.97. The van der Waals surface area contributed by atoms with Crippen molar-refractivity contribution in [2.45, 2.75) is 19.1 Å². The molecule has 2 heterocycles. The van der Waals surface area contributed by atoms with Gasteiger partial charge in [0.25, 0.3) is 5.91 Å². The summed E-state index contributed by atoms with van der Waals surface area (Å²) in [5.74, 6) is 0.0893. The van der Waals surface area contributed by atoms with Gasteiger partial charge in [-0.3, -0.25) is 9.59 Å².